The first-order chi connectivity index (χ1) is 8.64. The molecule has 0 spiro atoms. The quantitative estimate of drug-likeness (QED) is 0.860. The van der Waals surface area contributed by atoms with Crippen LogP contribution in [0.4, 0.5) is 5.69 Å². The van der Waals surface area contributed by atoms with Crippen molar-refractivity contribution in [3.05, 3.63) is 24.0 Å². The third kappa shape index (κ3) is 2.63. The fourth-order valence-electron chi connectivity index (χ4n) is 2.63. The molecule has 2 rings (SSSR count). The normalized spacial score (nSPS) is 18.3. The molecule has 0 aliphatic heterocycles. The molecular formula is C14H20N2O2. The van der Waals surface area contributed by atoms with E-state index in [2.05, 4.69) is 10.3 Å². The molecular weight excluding hydrogens is 228 g/mol. The van der Waals surface area contributed by atoms with Crippen molar-refractivity contribution in [3.63, 3.8) is 0 Å². The number of rotatable bonds is 4. The Hall–Kier alpha value is -1.58. The van der Waals surface area contributed by atoms with E-state index in [9.17, 15) is 9.90 Å². The van der Waals surface area contributed by atoms with Gasteiger partial charge in [-0.3, -0.25) is 9.78 Å². The summed E-state index contributed by atoms with van der Waals surface area (Å²) in [6, 6.07) is 1.90. The summed E-state index contributed by atoms with van der Waals surface area (Å²) < 4.78 is 0. The van der Waals surface area contributed by atoms with E-state index in [1.54, 1.807) is 12.4 Å². The minimum atomic E-state index is -0.665. The van der Waals surface area contributed by atoms with Crippen LogP contribution in [0.1, 0.15) is 37.7 Å². The molecule has 1 fully saturated rings. The van der Waals surface area contributed by atoms with Crippen LogP contribution in [0.25, 0.3) is 0 Å². The summed E-state index contributed by atoms with van der Waals surface area (Å²) in [6.07, 6.45) is 8.26. The van der Waals surface area contributed by atoms with E-state index in [-0.39, 0.29) is 0 Å². The second kappa shape index (κ2) is 5.38. The number of aryl methyl sites for hydroxylation is 1. The van der Waals surface area contributed by atoms with Gasteiger partial charge >= 0.3 is 5.97 Å². The van der Waals surface area contributed by atoms with Crippen molar-refractivity contribution in [3.8, 4) is 0 Å². The molecule has 0 atom stereocenters. The van der Waals surface area contributed by atoms with Crippen molar-refractivity contribution in [1.82, 2.24) is 4.98 Å². The maximum absolute atomic E-state index is 11.5. The SMILES string of the molecule is Cc1cnccc1NCC1(C(=O)O)CCCCC1. The van der Waals surface area contributed by atoms with Gasteiger partial charge < -0.3 is 10.4 Å². The van der Waals surface area contributed by atoms with Gasteiger partial charge in [0.15, 0.2) is 0 Å². The summed E-state index contributed by atoms with van der Waals surface area (Å²) in [5.41, 5.74) is 1.44. The number of anilines is 1. The first-order valence-corrected chi connectivity index (χ1v) is 6.52. The molecule has 18 heavy (non-hydrogen) atoms. The van der Waals surface area contributed by atoms with Crippen molar-refractivity contribution in [2.24, 2.45) is 5.41 Å². The van der Waals surface area contributed by atoms with Crippen molar-refractivity contribution >= 4 is 11.7 Å². The number of hydrogen-bond acceptors (Lipinski definition) is 3. The Balaban J connectivity index is 2.06. The van der Waals surface area contributed by atoms with E-state index in [4.69, 9.17) is 0 Å². The van der Waals surface area contributed by atoms with Crippen LogP contribution in [0.2, 0.25) is 0 Å². The molecule has 0 aromatic carbocycles. The number of aliphatic carboxylic acids is 1. The van der Waals surface area contributed by atoms with E-state index in [1.807, 2.05) is 13.0 Å². The van der Waals surface area contributed by atoms with E-state index < -0.39 is 11.4 Å². The molecule has 2 N–H and O–H groups in total. The Labute approximate surface area is 107 Å². The largest absolute Gasteiger partial charge is 0.481 e. The number of pyridine rings is 1. The summed E-state index contributed by atoms with van der Waals surface area (Å²) in [4.78, 5) is 15.6. The van der Waals surface area contributed by atoms with Crippen LogP contribution in [0, 0.1) is 12.3 Å². The lowest BCUT2D eigenvalue weighted by Crippen LogP contribution is -2.39. The van der Waals surface area contributed by atoms with Gasteiger partial charge in [-0.25, -0.2) is 0 Å². The van der Waals surface area contributed by atoms with Gasteiger partial charge in [-0.05, 0) is 31.4 Å². The fourth-order valence-corrected chi connectivity index (χ4v) is 2.63. The lowest BCUT2D eigenvalue weighted by molar-refractivity contribution is -0.150. The molecule has 98 valence electrons. The number of nitrogens with one attached hydrogen (secondary N) is 1. The monoisotopic (exact) mass is 248 g/mol. The first-order valence-electron chi connectivity index (χ1n) is 6.52. The number of hydrogen-bond donors (Lipinski definition) is 2. The topological polar surface area (TPSA) is 62.2 Å². The summed E-state index contributed by atoms with van der Waals surface area (Å²) in [5.74, 6) is -0.665. The van der Waals surface area contributed by atoms with Gasteiger partial charge in [0.25, 0.3) is 0 Å². The molecule has 4 heteroatoms. The molecule has 0 radical (unpaired) electrons. The minimum absolute atomic E-state index is 0.507. The number of nitrogens with zero attached hydrogens (tertiary/aromatic N) is 1. The van der Waals surface area contributed by atoms with Crippen molar-refractivity contribution in [2.75, 3.05) is 11.9 Å². The maximum Gasteiger partial charge on any atom is 0.311 e. The Morgan fingerprint density at radius 3 is 2.78 bits per heavy atom. The summed E-state index contributed by atoms with van der Waals surface area (Å²) in [7, 11) is 0. The zero-order valence-electron chi connectivity index (χ0n) is 10.8. The molecule has 1 saturated carbocycles. The van der Waals surface area contributed by atoms with Crippen molar-refractivity contribution in [2.45, 2.75) is 39.0 Å². The van der Waals surface area contributed by atoms with Crippen LogP contribution in [-0.4, -0.2) is 22.6 Å². The number of carbonyl (C=O) groups is 1. The standard InChI is InChI=1S/C14H20N2O2/c1-11-9-15-8-5-12(11)16-10-14(13(17)18)6-3-2-4-7-14/h5,8-9H,2-4,6-7,10H2,1H3,(H,15,16)(H,17,18). The predicted molar refractivity (Wildman–Crippen MR) is 70.6 cm³/mol. The minimum Gasteiger partial charge on any atom is -0.481 e. The smallest absolute Gasteiger partial charge is 0.311 e. The van der Waals surface area contributed by atoms with Gasteiger partial charge in [-0.2, -0.15) is 0 Å². The lowest BCUT2D eigenvalue weighted by Gasteiger charge is -2.33. The van der Waals surface area contributed by atoms with Crippen LogP contribution in [0.15, 0.2) is 18.5 Å². The molecule has 1 aromatic rings. The zero-order chi connectivity index (χ0) is 13.0. The van der Waals surface area contributed by atoms with Crippen LogP contribution in [-0.2, 0) is 4.79 Å². The number of carboxylic acids is 1. The second-order valence-corrected chi connectivity index (χ2v) is 5.19. The average molecular weight is 248 g/mol. The second-order valence-electron chi connectivity index (χ2n) is 5.19. The van der Waals surface area contributed by atoms with E-state index >= 15 is 0 Å². The molecule has 0 amide bonds. The van der Waals surface area contributed by atoms with E-state index in [1.165, 1.54) is 0 Å². The molecule has 1 aromatic heterocycles. The van der Waals surface area contributed by atoms with Crippen LogP contribution >= 0.6 is 0 Å². The van der Waals surface area contributed by atoms with E-state index in [0.29, 0.717) is 6.54 Å². The Kier molecular flexibility index (Phi) is 3.84. The third-order valence-electron chi connectivity index (χ3n) is 3.90. The van der Waals surface area contributed by atoms with Crippen LogP contribution in [0.5, 0.6) is 0 Å². The van der Waals surface area contributed by atoms with Gasteiger partial charge in [0, 0.05) is 24.6 Å². The summed E-state index contributed by atoms with van der Waals surface area (Å²) >= 11 is 0. The van der Waals surface area contributed by atoms with Gasteiger partial charge in [-0.15, -0.1) is 0 Å². The van der Waals surface area contributed by atoms with Crippen molar-refractivity contribution < 1.29 is 9.90 Å². The van der Waals surface area contributed by atoms with Gasteiger partial charge in [-0.1, -0.05) is 19.3 Å². The lowest BCUT2D eigenvalue weighted by atomic mass is 9.74. The maximum atomic E-state index is 11.5. The molecule has 1 heterocycles. The van der Waals surface area contributed by atoms with Crippen molar-refractivity contribution in [1.29, 1.82) is 0 Å². The number of aromatic nitrogens is 1. The van der Waals surface area contributed by atoms with Gasteiger partial charge in [0.05, 0.1) is 5.41 Å². The van der Waals surface area contributed by atoms with Crippen LogP contribution in [0.3, 0.4) is 0 Å². The molecule has 0 saturated heterocycles. The Morgan fingerprint density at radius 1 is 1.44 bits per heavy atom. The molecule has 1 aliphatic carbocycles. The zero-order valence-corrected chi connectivity index (χ0v) is 10.8. The highest BCUT2D eigenvalue weighted by molar-refractivity contribution is 5.75. The molecule has 0 unspecified atom stereocenters. The van der Waals surface area contributed by atoms with Gasteiger partial charge in [0.2, 0.25) is 0 Å². The molecule has 0 bridgehead atoms. The number of carboxylic acid groups (broad SMARTS) is 1. The Bertz CT molecular complexity index is 426. The average Bonchev–Trinajstić information content (AvgIpc) is 2.39. The highest BCUT2D eigenvalue weighted by Crippen LogP contribution is 2.36. The molecule has 4 nitrogen and oxygen atoms in total. The summed E-state index contributed by atoms with van der Waals surface area (Å²) in [5, 5.41) is 12.8. The highest BCUT2D eigenvalue weighted by Gasteiger charge is 2.39. The predicted octanol–water partition coefficient (Wildman–Crippen LogP) is 2.84. The first kappa shape index (κ1) is 12.9. The fraction of sp³-hybridized carbons (Fsp3) is 0.571. The van der Waals surface area contributed by atoms with Crippen LogP contribution < -0.4 is 5.32 Å². The summed E-state index contributed by atoms with van der Waals surface area (Å²) in [6.45, 7) is 2.48. The van der Waals surface area contributed by atoms with Gasteiger partial charge in [0.1, 0.15) is 0 Å². The third-order valence-corrected chi connectivity index (χ3v) is 3.90. The highest BCUT2D eigenvalue weighted by atomic mass is 16.4. The molecule has 1 aliphatic rings. The van der Waals surface area contributed by atoms with E-state index in [0.717, 1.165) is 43.4 Å². The Morgan fingerprint density at radius 2 is 2.17 bits per heavy atom.